The van der Waals surface area contributed by atoms with Gasteiger partial charge in [0.2, 0.25) is 0 Å². The number of carbonyl (C=O) groups excluding carboxylic acids is 1. The number of carbonyl (C=O) groups is 1. The molecule has 0 fully saturated rings. The Labute approximate surface area is 181 Å². The van der Waals surface area contributed by atoms with Crippen LogP contribution in [0.25, 0.3) is 0 Å². The Morgan fingerprint density at radius 1 is 0.833 bits per heavy atom. The van der Waals surface area contributed by atoms with Crippen LogP contribution in [0.2, 0.25) is 0 Å². The third-order valence-corrected chi connectivity index (χ3v) is 5.05. The minimum atomic E-state index is -0.372. The first kappa shape index (κ1) is 23.9. The first-order chi connectivity index (χ1) is 14.5. The Balaban J connectivity index is 1.84. The monoisotopic (exact) mass is 412 g/mol. The number of rotatable bonds is 13. The second-order valence-electron chi connectivity index (χ2n) is 7.77. The van der Waals surface area contributed by atoms with Gasteiger partial charge in [-0.15, -0.1) is 0 Å². The van der Waals surface area contributed by atoms with Gasteiger partial charge in [0, 0.05) is 6.61 Å². The van der Waals surface area contributed by atoms with E-state index in [1.807, 2.05) is 31.2 Å². The van der Waals surface area contributed by atoms with Gasteiger partial charge >= 0.3 is 5.97 Å². The molecule has 0 aliphatic heterocycles. The highest BCUT2D eigenvalue weighted by molar-refractivity contribution is 5.91. The van der Waals surface area contributed by atoms with Gasteiger partial charge in [-0.25, -0.2) is 4.79 Å². The van der Waals surface area contributed by atoms with Crippen LogP contribution in [0, 0.1) is 0 Å². The average molecular weight is 413 g/mol. The summed E-state index contributed by atoms with van der Waals surface area (Å²) in [6, 6.07) is 14.6. The maximum atomic E-state index is 12.4. The van der Waals surface area contributed by atoms with E-state index in [2.05, 4.69) is 20.8 Å². The van der Waals surface area contributed by atoms with Gasteiger partial charge in [-0.1, -0.05) is 51.7 Å². The van der Waals surface area contributed by atoms with Gasteiger partial charge in [0.1, 0.15) is 11.5 Å². The summed E-state index contributed by atoms with van der Waals surface area (Å²) < 4.78 is 17.2. The van der Waals surface area contributed by atoms with E-state index < -0.39 is 0 Å². The SMILES string of the molecule is CCCCCCOC(C)c1ccc(C(=O)Oc2ccc(OC(C)CCC)cc2)cc1. The lowest BCUT2D eigenvalue weighted by Gasteiger charge is -2.14. The molecule has 2 unspecified atom stereocenters. The predicted octanol–water partition coefficient (Wildman–Crippen LogP) is 7.13. The molecule has 0 radical (unpaired) electrons. The van der Waals surface area contributed by atoms with E-state index >= 15 is 0 Å². The number of benzene rings is 2. The molecule has 0 aliphatic carbocycles. The van der Waals surface area contributed by atoms with Gasteiger partial charge in [0.05, 0.1) is 17.8 Å². The zero-order valence-corrected chi connectivity index (χ0v) is 18.9. The first-order valence-corrected chi connectivity index (χ1v) is 11.2. The molecule has 30 heavy (non-hydrogen) atoms. The van der Waals surface area contributed by atoms with Crippen LogP contribution < -0.4 is 9.47 Å². The van der Waals surface area contributed by atoms with Gasteiger partial charge in [-0.3, -0.25) is 0 Å². The lowest BCUT2D eigenvalue weighted by Crippen LogP contribution is -2.11. The highest BCUT2D eigenvalue weighted by atomic mass is 16.5. The summed E-state index contributed by atoms with van der Waals surface area (Å²) in [6.07, 6.45) is 7.05. The highest BCUT2D eigenvalue weighted by Gasteiger charge is 2.11. The van der Waals surface area contributed by atoms with Crippen LogP contribution in [0.5, 0.6) is 11.5 Å². The standard InChI is InChI=1S/C26H36O4/c1-5-7-8-9-19-28-21(4)22-11-13-23(14-12-22)26(27)30-25-17-15-24(16-18-25)29-20(3)10-6-2/h11-18,20-21H,5-10,19H2,1-4H3. The summed E-state index contributed by atoms with van der Waals surface area (Å²) in [5.74, 6) is 0.912. The van der Waals surface area contributed by atoms with Crippen molar-refractivity contribution in [2.24, 2.45) is 0 Å². The molecule has 2 rings (SSSR count). The van der Waals surface area contributed by atoms with Crippen molar-refractivity contribution in [3.8, 4) is 11.5 Å². The lowest BCUT2D eigenvalue weighted by atomic mass is 10.1. The van der Waals surface area contributed by atoms with Gasteiger partial charge in [-0.05, 0) is 68.7 Å². The van der Waals surface area contributed by atoms with E-state index in [0.717, 1.165) is 37.2 Å². The van der Waals surface area contributed by atoms with Crippen LogP contribution in [0.4, 0.5) is 0 Å². The van der Waals surface area contributed by atoms with E-state index in [-0.39, 0.29) is 18.2 Å². The number of unbranched alkanes of at least 4 members (excludes halogenated alkanes) is 3. The van der Waals surface area contributed by atoms with E-state index in [0.29, 0.717) is 11.3 Å². The first-order valence-electron chi connectivity index (χ1n) is 11.2. The molecular formula is C26H36O4. The van der Waals surface area contributed by atoms with Crippen LogP contribution in [0.3, 0.4) is 0 Å². The predicted molar refractivity (Wildman–Crippen MR) is 121 cm³/mol. The second kappa shape index (κ2) is 13.1. The molecule has 4 nitrogen and oxygen atoms in total. The Kier molecular flexibility index (Phi) is 10.4. The number of hydrogen-bond acceptors (Lipinski definition) is 4. The van der Waals surface area contributed by atoms with Gasteiger partial charge < -0.3 is 14.2 Å². The Bertz CT molecular complexity index is 737. The van der Waals surface area contributed by atoms with E-state index in [4.69, 9.17) is 14.2 Å². The van der Waals surface area contributed by atoms with Gasteiger partial charge in [0.15, 0.2) is 0 Å². The van der Waals surface area contributed by atoms with Crippen LogP contribution in [-0.2, 0) is 4.74 Å². The summed E-state index contributed by atoms with van der Waals surface area (Å²) in [4.78, 5) is 12.4. The summed E-state index contributed by atoms with van der Waals surface area (Å²) in [6.45, 7) is 9.20. The number of esters is 1. The topological polar surface area (TPSA) is 44.8 Å². The highest BCUT2D eigenvalue weighted by Crippen LogP contribution is 2.22. The zero-order valence-electron chi connectivity index (χ0n) is 18.9. The van der Waals surface area contributed by atoms with Crippen molar-refractivity contribution in [1.29, 1.82) is 0 Å². The van der Waals surface area contributed by atoms with Crippen molar-refractivity contribution in [2.75, 3.05) is 6.61 Å². The Morgan fingerprint density at radius 2 is 1.50 bits per heavy atom. The molecule has 2 aromatic carbocycles. The molecule has 0 bridgehead atoms. The van der Waals surface area contributed by atoms with Crippen molar-refractivity contribution in [3.63, 3.8) is 0 Å². The van der Waals surface area contributed by atoms with Crippen molar-refractivity contribution in [3.05, 3.63) is 59.7 Å². The molecule has 0 aromatic heterocycles. The van der Waals surface area contributed by atoms with Crippen LogP contribution >= 0.6 is 0 Å². The minimum Gasteiger partial charge on any atom is -0.491 e. The average Bonchev–Trinajstić information content (AvgIpc) is 2.75. The fourth-order valence-electron chi connectivity index (χ4n) is 3.23. The third-order valence-electron chi connectivity index (χ3n) is 5.05. The van der Waals surface area contributed by atoms with Crippen LogP contribution in [-0.4, -0.2) is 18.7 Å². The molecule has 0 aliphatic rings. The summed E-state index contributed by atoms with van der Waals surface area (Å²) in [7, 11) is 0. The van der Waals surface area contributed by atoms with Crippen molar-refractivity contribution in [1.82, 2.24) is 0 Å². The van der Waals surface area contributed by atoms with Gasteiger partial charge in [-0.2, -0.15) is 0 Å². The second-order valence-corrected chi connectivity index (χ2v) is 7.77. The molecule has 0 spiro atoms. The minimum absolute atomic E-state index is 0.0133. The normalized spacial score (nSPS) is 12.9. The number of ether oxygens (including phenoxy) is 3. The molecule has 0 amide bonds. The molecule has 0 saturated carbocycles. The van der Waals surface area contributed by atoms with Crippen LogP contribution in [0.1, 0.15) is 88.2 Å². The van der Waals surface area contributed by atoms with Gasteiger partial charge in [0.25, 0.3) is 0 Å². The molecule has 0 heterocycles. The molecule has 164 valence electrons. The number of hydrogen-bond donors (Lipinski definition) is 0. The lowest BCUT2D eigenvalue weighted by molar-refractivity contribution is 0.0626. The zero-order chi connectivity index (χ0) is 21.8. The van der Waals surface area contributed by atoms with Crippen LogP contribution in [0.15, 0.2) is 48.5 Å². The molecule has 0 saturated heterocycles. The Morgan fingerprint density at radius 3 is 2.13 bits per heavy atom. The summed E-state index contributed by atoms with van der Waals surface area (Å²) in [5.41, 5.74) is 1.58. The van der Waals surface area contributed by atoms with Crippen molar-refractivity contribution >= 4 is 5.97 Å². The molecule has 0 N–H and O–H groups in total. The van der Waals surface area contributed by atoms with Crippen molar-refractivity contribution < 1.29 is 19.0 Å². The molecule has 2 aromatic rings. The van der Waals surface area contributed by atoms with E-state index in [1.165, 1.54) is 19.3 Å². The summed E-state index contributed by atoms with van der Waals surface area (Å²) >= 11 is 0. The van der Waals surface area contributed by atoms with Crippen molar-refractivity contribution in [2.45, 2.75) is 78.4 Å². The Hall–Kier alpha value is -2.33. The van der Waals surface area contributed by atoms with E-state index in [1.54, 1.807) is 24.3 Å². The molecular weight excluding hydrogens is 376 g/mol. The van der Waals surface area contributed by atoms with E-state index in [9.17, 15) is 4.79 Å². The fraction of sp³-hybridized carbons (Fsp3) is 0.500. The largest absolute Gasteiger partial charge is 0.491 e. The molecule has 4 heteroatoms. The molecule has 2 atom stereocenters. The maximum absolute atomic E-state index is 12.4. The fourth-order valence-corrected chi connectivity index (χ4v) is 3.23. The quantitative estimate of drug-likeness (QED) is 0.199. The third kappa shape index (κ3) is 8.19. The maximum Gasteiger partial charge on any atom is 0.343 e. The summed E-state index contributed by atoms with van der Waals surface area (Å²) in [5, 5.41) is 0. The smallest absolute Gasteiger partial charge is 0.343 e.